The normalized spacial score (nSPS) is 12.7. The topological polar surface area (TPSA) is 59.6 Å². The van der Waals surface area contributed by atoms with Gasteiger partial charge in [0, 0.05) is 19.1 Å². The van der Waals surface area contributed by atoms with Gasteiger partial charge in [-0.05, 0) is 33.3 Å². The second-order valence-electron chi connectivity index (χ2n) is 6.29. The van der Waals surface area contributed by atoms with E-state index >= 15 is 0 Å². The number of ether oxygens (including phenoxy) is 2. The van der Waals surface area contributed by atoms with Gasteiger partial charge in [-0.3, -0.25) is 0 Å². The number of amides is 1. The highest BCUT2D eigenvalue weighted by molar-refractivity contribution is 5.68. The van der Waals surface area contributed by atoms with Crippen LogP contribution in [0.2, 0.25) is 0 Å². The lowest BCUT2D eigenvalue weighted by atomic mass is 10.2. The zero-order valence-corrected chi connectivity index (χ0v) is 14.0. The molecule has 1 aromatic rings. The van der Waals surface area contributed by atoms with Crippen LogP contribution in [0.25, 0.3) is 0 Å². The van der Waals surface area contributed by atoms with E-state index in [2.05, 4.69) is 10.6 Å². The summed E-state index contributed by atoms with van der Waals surface area (Å²) in [6.45, 7) is 10.1. The van der Waals surface area contributed by atoms with Crippen LogP contribution in [0, 0.1) is 0 Å². The Bertz CT molecular complexity index is 429. The predicted octanol–water partition coefficient (Wildman–Crippen LogP) is 2.71. The monoisotopic (exact) mass is 308 g/mol. The lowest BCUT2D eigenvalue weighted by Gasteiger charge is -2.22. The molecule has 5 nitrogen and oxygen atoms in total. The van der Waals surface area contributed by atoms with Crippen LogP contribution in [-0.2, 0) is 16.1 Å². The number of hydrogen-bond acceptors (Lipinski definition) is 4. The maximum Gasteiger partial charge on any atom is 0.407 e. The van der Waals surface area contributed by atoms with Crippen LogP contribution in [0.5, 0.6) is 0 Å². The van der Waals surface area contributed by atoms with Crippen molar-refractivity contribution in [3.8, 4) is 0 Å². The Labute approximate surface area is 133 Å². The molecule has 0 saturated heterocycles. The molecule has 2 N–H and O–H groups in total. The number of alkyl carbamates (subject to hydrolysis) is 1. The van der Waals surface area contributed by atoms with Gasteiger partial charge in [0.25, 0.3) is 0 Å². The first-order chi connectivity index (χ1) is 10.4. The molecule has 22 heavy (non-hydrogen) atoms. The lowest BCUT2D eigenvalue weighted by Crippen LogP contribution is -2.43. The van der Waals surface area contributed by atoms with Crippen LogP contribution < -0.4 is 10.6 Å². The summed E-state index contributed by atoms with van der Waals surface area (Å²) in [6.07, 6.45) is -0.387. The molecule has 0 aliphatic rings. The zero-order chi connectivity index (χ0) is 16.4. The van der Waals surface area contributed by atoms with Gasteiger partial charge in [-0.1, -0.05) is 30.3 Å². The molecule has 1 rings (SSSR count). The van der Waals surface area contributed by atoms with Gasteiger partial charge in [-0.15, -0.1) is 0 Å². The SMILES string of the molecule is C[C@@H](CNCCOCc1ccccc1)NC(=O)OC(C)(C)C. The Morgan fingerprint density at radius 2 is 1.91 bits per heavy atom. The van der Waals surface area contributed by atoms with Crippen molar-refractivity contribution >= 4 is 6.09 Å². The second-order valence-corrected chi connectivity index (χ2v) is 6.29. The number of carbonyl (C=O) groups excluding carboxylic acids is 1. The quantitative estimate of drug-likeness (QED) is 0.725. The first kappa shape index (κ1) is 18.5. The third-order valence-electron chi connectivity index (χ3n) is 2.75. The van der Waals surface area contributed by atoms with Crippen LogP contribution in [0.1, 0.15) is 33.3 Å². The standard InChI is InChI=1S/C17H28N2O3/c1-14(19-16(20)22-17(2,3)4)12-18-10-11-21-13-15-8-6-5-7-9-15/h5-9,14,18H,10-13H2,1-4H3,(H,19,20)/t14-/m0/s1. The van der Waals surface area contributed by atoms with E-state index in [0.717, 1.165) is 6.54 Å². The van der Waals surface area contributed by atoms with E-state index in [1.807, 2.05) is 58.0 Å². The highest BCUT2D eigenvalue weighted by Crippen LogP contribution is 2.06. The number of rotatable bonds is 8. The summed E-state index contributed by atoms with van der Waals surface area (Å²) >= 11 is 0. The minimum absolute atomic E-state index is 0.00368. The summed E-state index contributed by atoms with van der Waals surface area (Å²) in [5.74, 6) is 0. The Balaban J connectivity index is 2.03. The fraction of sp³-hybridized carbons (Fsp3) is 0.588. The summed E-state index contributed by atoms with van der Waals surface area (Å²) in [4.78, 5) is 11.6. The Hall–Kier alpha value is -1.59. The molecule has 0 heterocycles. The van der Waals surface area contributed by atoms with Crippen molar-refractivity contribution in [1.82, 2.24) is 10.6 Å². The van der Waals surface area contributed by atoms with Crippen molar-refractivity contribution in [3.63, 3.8) is 0 Å². The second kappa shape index (κ2) is 9.43. The average molecular weight is 308 g/mol. The van der Waals surface area contributed by atoms with Crippen LogP contribution in [0.4, 0.5) is 4.79 Å². The number of benzene rings is 1. The van der Waals surface area contributed by atoms with Crippen molar-refractivity contribution in [3.05, 3.63) is 35.9 Å². The van der Waals surface area contributed by atoms with Gasteiger partial charge in [-0.25, -0.2) is 4.79 Å². The Morgan fingerprint density at radius 1 is 1.23 bits per heavy atom. The average Bonchev–Trinajstić information content (AvgIpc) is 2.41. The van der Waals surface area contributed by atoms with Crippen LogP contribution in [0.3, 0.4) is 0 Å². The molecule has 0 unspecified atom stereocenters. The van der Waals surface area contributed by atoms with Gasteiger partial charge in [0.2, 0.25) is 0 Å². The minimum Gasteiger partial charge on any atom is -0.444 e. The van der Waals surface area contributed by atoms with Crippen molar-refractivity contribution in [2.75, 3.05) is 19.7 Å². The third kappa shape index (κ3) is 9.37. The smallest absolute Gasteiger partial charge is 0.407 e. The van der Waals surface area contributed by atoms with Gasteiger partial charge in [0.15, 0.2) is 0 Å². The first-order valence-electron chi connectivity index (χ1n) is 7.69. The Kier molecular flexibility index (Phi) is 7.91. The van der Waals surface area contributed by atoms with Crippen molar-refractivity contribution in [1.29, 1.82) is 0 Å². The van der Waals surface area contributed by atoms with Crippen molar-refractivity contribution in [2.45, 2.75) is 45.9 Å². The minimum atomic E-state index is -0.470. The fourth-order valence-corrected chi connectivity index (χ4v) is 1.79. The van der Waals surface area contributed by atoms with Crippen LogP contribution in [-0.4, -0.2) is 37.4 Å². The maximum absolute atomic E-state index is 11.6. The van der Waals surface area contributed by atoms with Gasteiger partial charge >= 0.3 is 6.09 Å². The molecule has 1 aromatic carbocycles. The van der Waals surface area contributed by atoms with Crippen molar-refractivity contribution < 1.29 is 14.3 Å². The predicted molar refractivity (Wildman–Crippen MR) is 87.8 cm³/mol. The maximum atomic E-state index is 11.6. The highest BCUT2D eigenvalue weighted by atomic mass is 16.6. The third-order valence-corrected chi connectivity index (χ3v) is 2.75. The molecule has 0 fully saturated rings. The molecular weight excluding hydrogens is 280 g/mol. The van der Waals surface area contributed by atoms with E-state index in [4.69, 9.17) is 9.47 Å². The summed E-state index contributed by atoms with van der Waals surface area (Å²) in [5, 5.41) is 6.03. The molecule has 0 bridgehead atoms. The molecule has 0 saturated carbocycles. The molecule has 5 heteroatoms. The summed E-state index contributed by atoms with van der Waals surface area (Å²) in [6, 6.07) is 10.1. The molecule has 124 valence electrons. The summed E-state index contributed by atoms with van der Waals surface area (Å²) < 4.78 is 10.8. The van der Waals surface area contributed by atoms with Gasteiger partial charge in [0.1, 0.15) is 5.60 Å². The molecular formula is C17H28N2O3. The van der Waals surface area contributed by atoms with E-state index in [1.54, 1.807) is 0 Å². The Morgan fingerprint density at radius 3 is 2.55 bits per heavy atom. The van der Waals surface area contributed by atoms with E-state index in [-0.39, 0.29) is 12.1 Å². The van der Waals surface area contributed by atoms with E-state index in [9.17, 15) is 4.79 Å². The molecule has 1 amide bonds. The zero-order valence-electron chi connectivity index (χ0n) is 14.0. The van der Waals surface area contributed by atoms with Crippen LogP contribution >= 0.6 is 0 Å². The first-order valence-corrected chi connectivity index (χ1v) is 7.69. The lowest BCUT2D eigenvalue weighted by molar-refractivity contribution is 0.0507. The molecule has 0 aliphatic heterocycles. The molecule has 0 aliphatic carbocycles. The number of hydrogen-bond donors (Lipinski definition) is 2. The molecule has 1 atom stereocenters. The van der Waals surface area contributed by atoms with E-state index in [0.29, 0.717) is 19.8 Å². The summed E-state index contributed by atoms with van der Waals surface area (Å²) in [7, 11) is 0. The highest BCUT2D eigenvalue weighted by Gasteiger charge is 2.17. The van der Waals surface area contributed by atoms with E-state index < -0.39 is 5.60 Å². The van der Waals surface area contributed by atoms with Gasteiger partial charge < -0.3 is 20.1 Å². The molecule has 0 spiro atoms. The van der Waals surface area contributed by atoms with Crippen LogP contribution in [0.15, 0.2) is 30.3 Å². The largest absolute Gasteiger partial charge is 0.444 e. The van der Waals surface area contributed by atoms with Gasteiger partial charge in [0.05, 0.1) is 13.2 Å². The fourth-order valence-electron chi connectivity index (χ4n) is 1.79. The van der Waals surface area contributed by atoms with E-state index in [1.165, 1.54) is 5.56 Å². The van der Waals surface area contributed by atoms with Crippen molar-refractivity contribution in [2.24, 2.45) is 0 Å². The summed E-state index contributed by atoms with van der Waals surface area (Å²) in [5.41, 5.74) is 0.699. The number of nitrogens with one attached hydrogen (secondary N) is 2. The van der Waals surface area contributed by atoms with Gasteiger partial charge in [-0.2, -0.15) is 0 Å². The molecule has 0 aromatic heterocycles. The molecule has 0 radical (unpaired) electrons. The number of carbonyl (C=O) groups is 1.